The SMILES string of the molecule is CCOC(=O)c1cc(C(NC(=O)C(C)CC(C)SC2OC(C)C(O)C(O)C2O)C(O)C(O)CO)oc1C. The normalized spacial score (nSPS) is 28.1. The van der Waals surface area contributed by atoms with Gasteiger partial charge in [-0.05, 0) is 33.3 Å². The predicted molar refractivity (Wildman–Crippen MR) is 133 cm³/mol. The molecule has 1 amide bonds. The number of nitrogens with one attached hydrogen (secondary N) is 1. The lowest BCUT2D eigenvalue weighted by Crippen LogP contribution is -2.55. The van der Waals surface area contributed by atoms with Gasteiger partial charge in [0.1, 0.15) is 59.1 Å². The second-order valence-corrected chi connectivity index (χ2v) is 10.9. The van der Waals surface area contributed by atoms with Crippen molar-refractivity contribution in [1.29, 1.82) is 0 Å². The van der Waals surface area contributed by atoms with Crippen molar-refractivity contribution in [2.75, 3.05) is 13.2 Å². The average molecular weight is 550 g/mol. The molecule has 0 spiro atoms. The van der Waals surface area contributed by atoms with Crippen LogP contribution in [0.25, 0.3) is 0 Å². The smallest absolute Gasteiger partial charge is 0.341 e. The molecule has 10 atom stereocenters. The molecule has 7 N–H and O–H groups in total. The summed E-state index contributed by atoms with van der Waals surface area (Å²) in [7, 11) is 0. The molecule has 37 heavy (non-hydrogen) atoms. The average Bonchev–Trinajstić information content (AvgIpc) is 3.24. The number of aryl methyl sites for hydroxylation is 1. The molecule has 0 aliphatic carbocycles. The molecule has 13 heteroatoms. The van der Waals surface area contributed by atoms with E-state index in [0.29, 0.717) is 6.42 Å². The zero-order chi connectivity index (χ0) is 28.0. The van der Waals surface area contributed by atoms with Gasteiger partial charge in [-0.3, -0.25) is 4.79 Å². The maximum Gasteiger partial charge on any atom is 0.341 e. The molecule has 212 valence electrons. The molecule has 1 aromatic heterocycles. The van der Waals surface area contributed by atoms with Crippen molar-refractivity contribution < 1.29 is 54.1 Å². The number of hydrogen-bond acceptors (Lipinski definition) is 12. The summed E-state index contributed by atoms with van der Waals surface area (Å²) in [5, 5.41) is 62.5. The van der Waals surface area contributed by atoms with Crippen molar-refractivity contribution in [2.24, 2.45) is 5.92 Å². The highest BCUT2D eigenvalue weighted by atomic mass is 32.2. The lowest BCUT2D eigenvalue weighted by Gasteiger charge is -2.40. The number of furan rings is 1. The molecule has 1 fully saturated rings. The standard InChI is InChI=1S/C24H39NO11S/c1-6-34-23(33)14-8-16(35-12(14)4)17(19(29)15(27)9-26)25-22(32)10(2)7-11(3)37-24-21(31)20(30)18(28)13(5)36-24/h8,10-11,13,15,17-21,24,26-31H,6-7,9H2,1-5H3,(H,25,32). The number of thioether (sulfide) groups is 1. The van der Waals surface area contributed by atoms with Crippen molar-refractivity contribution in [3.05, 3.63) is 23.2 Å². The molecule has 1 aromatic rings. The molecule has 0 aromatic carbocycles. The minimum absolute atomic E-state index is 0.00351. The summed E-state index contributed by atoms with van der Waals surface area (Å²) in [6.45, 7) is 7.58. The fourth-order valence-corrected chi connectivity index (χ4v) is 5.45. The van der Waals surface area contributed by atoms with Crippen LogP contribution < -0.4 is 5.32 Å². The highest BCUT2D eigenvalue weighted by molar-refractivity contribution is 8.00. The highest BCUT2D eigenvalue weighted by Crippen LogP contribution is 2.33. The van der Waals surface area contributed by atoms with Gasteiger partial charge in [-0.1, -0.05) is 13.8 Å². The van der Waals surface area contributed by atoms with Crippen molar-refractivity contribution >= 4 is 23.6 Å². The molecule has 10 unspecified atom stereocenters. The first-order valence-corrected chi connectivity index (χ1v) is 13.2. The predicted octanol–water partition coefficient (Wildman–Crippen LogP) is -0.388. The lowest BCUT2D eigenvalue weighted by molar-refractivity contribution is -0.192. The Hall–Kier alpha value is -1.71. The van der Waals surface area contributed by atoms with Crippen LogP contribution in [-0.4, -0.2) is 103 Å². The van der Waals surface area contributed by atoms with Crippen molar-refractivity contribution in [2.45, 2.75) is 94.4 Å². The van der Waals surface area contributed by atoms with Crippen molar-refractivity contribution in [3.8, 4) is 0 Å². The first-order valence-electron chi connectivity index (χ1n) is 12.2. The van der Waals surface area contributed by atoms with Gasteiger partial charge in [0.2, 0.25) is 5.91 Å². The molecule has 2 rings (SSSR count). The van der Waals surface area contributed by atoms with Gasteiger partial charge in [0.15, 0.2) is 0 Å². The van der Waals surface area contributed by atoms with Crippen LogP contribution in [0.1, 0.15) is 62.0 Å². The van der Waals surface area contributed by atoms with E-state index in [-0.39, 0.29) is 28.9 Å². The van der Waals surface area contributed by atoms with Crippen LogP contribution in [0.5, 0.6) is 0 Å². The first-order chi connectivity index (χ1) is 17.3. The minimum Gasteiger partial charge on any atom is -0.463 e. The van der Waals surface area contributed by atoms with Crippen LogP contribution in [0.2, 0.25) is 0 Å². The van der Waals surface area contributed by atoms with Crippen LogP contribution in [0, 0.1) is 12.8 Å². The third-order valence-corrected chi connectivity index (χ3v) is 7.58. The quantitative estimate of drug-likeness (QED) is 0.167. The number of carbonyl (C=O) groups is 2. The molecule has 0 radical (unpaired) electrons. The summed E-state index contributed by atoms with van der Waals surface area (Å²) in [4.78, 5) is 25.2. The van der Waals surface area contributed by atoms with Gasteiger partial charge in [-0.2, -0.15) is 0 Å². The Bertz CT molecular complexity index is 896. The zero-order valence-electron chi connectivity index (χ0n) is 21.6. The Kier molecular flexibility index (Phi) is 11.8. The highest BCUT2D eigenvalue weighted by Gasteiger charge is 2.42. The Morgan fingerprint density at radius 2 is 1.81 bits per heavy atom. The molecule has 2 heterocycles. The van der Waals surface area contributed by atoms with E-state index in [2.05, 4.69) is 5.32 Å². The summed E-state index contributed by atoms with van der Waals surface area (Å²) in [6, 6.07) is 0.0418. The van der Waals surface area contributed by atoms with Gasteiger partial charge in [-0.15, -0.1) is 11.8 Å². The molecule has 0 bridgehead atoms. The Labute approximate surface area is 220 Å². The second kappa shape index (κ2) is 13.9. The summed E-state index contributed by atoms with van der Waals surface area (Å²) >= 11 is 1.21. The summed E-state index contributed by atoms with van der Waals surface area (Å²) in [6.07, 6.45) is -7.48. The number of carbonyl (C=O) groups excluding carboxylic acids is 2. The van der Waals surface area contributed by atoms with Gasteiger partial charge in [-0.25, -0.2) is 4.79 Å². The molecule has 1 aliphatic rings. The number of amides is 1. The van der Waals surface area contributed by atoms with E-state index in [9.17, 15) is 40.2 Å². The van der Waals surface area contributed by atoms with Gasteiger partial charge < -0.3 is 49.8 Å². The van der Waals surface area contributed by atoms with Crippen LogP contribution in [0.3, 0.4) is 0 Å². The van der Waals surface area contributed by atoms with Crippen molar-refractivity contribution in [3.63, 3.8) is 0 Å². The Balaban J connectivity index is 2.11. The molecule has 1 saturated heterocycles. The summed E-state index contributed by atoms with van der Waals surface area (Å²) in [5.74, 6) is -1.55. The third kappa shape index (κ3) is 7.90. The van der Waals surface area contributed by atoms with Crippen LogP contribution in [0.4, 0.5) is 0 Å². The Morgan fingerprint density at radius 1 is 1.16 bits per heavy atom. The summed E-state index contributed by atoms with van der Waals surface area (Å²) < 4.78 is 16.2. The first kappa shape index (κ1) is 31.5. The Morgan fingerprint density at radius 3 is 2.41 bits per heavy atom. The number of rotatable bonds is 12. The fraction of sp³-hybridized carbons (Fsp3) is 0.750. The molecular weight excluding hydrogens is 510 g/mol. The largest absolute Gasteiger partial charge is 0.463 e. The van der Waals surface area contributed by atoms with Crippen molar-refractivity contribution in [1.82, 2.24) is 5.32 Å². The number of hydrogen-bond donors (Lipinski definition) is 7. The maximum absolute atomic E-state index is 13.0. The van der Waals surface area contributed by atoms with E-state index in [4.69, 9.17) is 13.9 Å². The minimum atomic E-state index is -1.64. The van der Waals surface area contributed by atoms with Crippen LogP contribution in [-0.2, 0) is 14.3 Å². The van der Waals surface area contributed by atoms with E-state index in [1.165, 1.54) is 24.8 Å². The van der Waals surface area contributed by atoms with E-state index < -0.39 is 72.5 Å². The monoisotopic (exact) mass is 549 g/mol. The molecular formula is C24H39NO11S. The topological polar surface area (TPSA) is 199 Å². The molecule has 0 saturated carbocycles. The maximum atomic E-state index is 13.0. The van der Waals surface area contributed by atoms with E-state index in [1.807, 2.05) is 6.92 Å². The van der Waals surface area contributed by atoms with Gasteiger partial charge in [0.25, 0.3) is 0 Å². The number of ether oxygens (including phenoxy) is 2. The van der Waals surface area contributed by atoms with Crippen LogP contribution >= 0.6 is 11.8 Å². The second-order valence-electron chi connectivity index (χ2n) is 9.33. The zero-order valence-corrected chi connectivity index (χ0v) is 22.4. The number of aliphatic hydroxyl groups is 6. The molecule has 1 aliphatic heterocycles. The van der Waals surface area contributed by atoms with E-state index in [0.717, 1.165) is 0 Å². The van der Waals surface area contributed by atoms with E-state index >= 15 is 0 Å². The summed E-state index contributed by atoms with van der Waals surface area (Å²) in [5.41, 5.74) is -0.701. The van der Waals surface area contributed by atoms with Gasteiger partial charge in [0, 0.05) is 11.2 Å². The fourth-order valence-electron chi connectivity index (χ4n) is 4.04. The van der Waals surface area contributed by atoms with Gasteiger partial charge >= 0.3 is 5.97 Å². The third-order valence-electron chi connectivity index (χ3n) is 6.27. The molecule has 12 nitrogen and oxygen atoms in total. The van der Waals surface area contributed by atoms with Crippen LogP contribution in [0.15, 0.2) is 10.5 Å². The van der Waals surface area contributed by atoms with E-state index in [1.54, 1.807) is 20.8 Å². The number of aliphatic hydroxyl groups excluding tert-OH is 6. The van der Waals surface area contributed by atoms with Gasteiger partial charge in [0.05, 0.1) is 19.3 Å². The lowest BCUT2D eigenvalue weighted by atomic mass is 10.00. The number of esters is 1.